The Morgan fingerprint density at radius 1 is 1.29 bits per heavy atom. The van der Waals surface area contributed by atoms with E-state index in [0.29, 0.717) is 17.2 Å². The maximum Gasteiger partial charge on any atom is 0.126 e. The lowest BCUT2D eigenvalue weighted by Crippen LogP contribution is -2.62. The van der Waals surface area contributed by atoms with Gasteiger partial charge in [-0.1, -0.05) is 30.9 Å². The highest BCUT2D eigenvalue weighted by molar-refractivity contribution is 6.30. The van der Waals surface area contributed by atoms with Crippen molar-refractivity contribution in [2.24, 2.45) is 5.41 Å². The van der Waals surface area contributed by atoms with Gasteiger partial charge in [0, 0.05) is 28.8 Å². The first kappa shape index (κ1) is 15.1. The summed E-state index contributed by atoms with van der Waals surface area (Å²) >= 11 is 5.95. The highest BCUT2D eigenvalue weighted by atomic mass is 35.5. The highest BCUT2D eigenvalue weighted by Gasteiger charge is 2.55. The van der Waals surface area contributed by atoms with Crippen molar-refractivity contribution in [1.29, 1.82) is 0 Å². The third kappa shape index (κ3) is 2.91. The molecule has 21 heavy (non-hydrogen) atoms. The van der Waals surface area contributed by atoms with Gasteiger partial charge in [-0.05, 0) is 44.4 Å². The number of hydrogen-bond donors (Lipinski definition) is 1. The molecule has 1 N–H and O–H groups in total. The molecule has 2 fully saturated rings. The van der Waals surface area contributed by atoms with Crippen LogP contribution in [0.2, 0.25) is 5.02 Å². The minimum absolute atomic E-state index is 0.229. The van der Waals surface area contributed by atoms with Crippen molar-refractivity contribution in [1.82, 2.24) is 0 Å². The molecule has 1 aromatic carbocycles. The Kier molecular flexibility index (Phi) is 4.41. The second-order valence-corrected chi connectivity index (χ2v) is 6.76. The highest BCUT2D eigenvalue weighted by Crippen LogP contribution is 2.54. The van der Waals surface area contributed by atoms with Crippen LogP contribution in [0.25, 0.3) is 0 Å². The van der Waals surface area contributed by atoms with Gasteiger partial charge in [-0.15, -0.1) is 0 Å². The topological polar surface area (TPSA) is 21.3 Å². The third-order valence-corrected chi connectivity index (χ3v) is 5.36. The zero-order chi connectivity index (χ0) is 14.9. The largest absolute Gasteiger partial charge is 0.381 e. The van der Waals surface area contributed by atoms with Crippen molar-refractivity contribution in [2.45, 2.75) is 57.6 Å². The molecule has 0 aromatic heterocycles. The SMILES string of the molecule is CCOC1CC(Nc2cc(F)cc(Cl)c2)C12CCCCC2. The number of benzene rings is 1. The minimum atomic E-state index is -0.289. The molecule has 2 unspecified atom stereocenters. The molecule has 0 heterocycles. The van der Waals surface area contributed by atoms with Crippen LogP contribution in [0.3, 0.4) is 0 Å². The first-order valence-electron chi connectivity index (χ1n) is 7.98. The Bertz CT molecular complexity index is 481. The molecule has 0 amide bonds. The maximum absolute atomic E-state index is 13.5. The van der Waals surface area contributed by atoms with Gasteiger partial charge >= 0.3 is 0 Å². The van der Waals surface area contributed by atoms with Gasteiger partial charge in [0.05, 0.1) is 6.10 Å². The average Bonchev–Trinajstić information content (AvgIpc) is 2.46. The molecular weight excluding hydrogens is 289 g/mol. The first-order chi connectivity index (χ1) is 10.1. The number of halogens is 2. The molecule has 116 valence electrons. The summed E-state index contributed by atoms with van der Waals surface area (Å²) < 4.78 is 19.4. The molecule has 0 aliphatic heterocycles. The molecular formula is C17H23ClFNO. The van der Waals surface area contributed by atoms with Gasteiger partial charge < -0.3 is 10.1 Å². The first-order valence-corrected chi connectivity index (χ1v) is 8.36. The van der Waals surface area contributed by atoms with Crippen LogP contribution >= 0.6 is 11.6 Å². The molecule has 2 nitrogen and oxygen atoms in total. The number of anilines is 1. The van der Waals surface area contributed by atoms with E-state index in [1.165, 1.54) is 44.2 Å². The molecule has 1 aromatic rings. The summed E-state index contributed by atoms with van der Waals surface area (Å²) in [5, 5.41) is 3.95. The quantitative estimate of drug-likeness (QED) is 0.843. The van der Waals surface area contributed by atoms with E-state index in [2.05, 4.69) is 12.2 Å². The van der Waals surface area contributed by atoms with Gasteiger partial charge in [-0.3, -0.25) is 0 Å². The van der Waals surface area contributed by atoms with E-state index in [1.807, 2.05) is 0 Å². The van der Waals surface area contributed by atoms with Crippen molar-refractivity contribution < 1.29 is 9.13 Å². The molecule has 2 saturated carbocycles. The Hall–Kier alpha value is -0.800. The number of ether oxygens (including phenoxy) is 1. The van der Waals surface area contributed by atoms with Gasteiger partial charge in [-0.2, -0.15) is 0 Å². The lowest BCUT2D eigenvalue weighted by molar-refractivity contribution is -0.134. The average molecular weight is 312 g/mol. The van der Waals surface area contributed by atoms with Crippen molar-refractivity contribution in [3.8, 4) is 0 Å². The minimum Gasteiger partial charge on any atom is -0.381 e. The Morgan fingerprint density at radius 3 is 2.71 bits per heavy atom. The molecule has 2 atom stereocenters. The molecule has 1 spiro atoms. The van der Waals surface area contributed by atoms with E-state index in [9.17, 15) is 4.39 Å². The van der Waals surface area contributed by atoms with E-state index in [0.717, 1.165) is 18.7 Å². The van der Waals surface area contributed by atoms with Crippen molar-refractivity contribution in [3.63, 3.8) is 0 Å². The zero-order valence-corrected chi connectivity index (χ0v) is 13.3. The lowest BCUT2D eigenvalue weighted by atomic mass is 9.55. The fourth-order valence-electron chi connectivity index (χ4n) is 4.10. The molecule has 0 radical (unpaired) electrons. The summed E-state index contributed by atoms with van der Waals surface area (Å²) in [6, 6.07) is 5.03. The van der Waals surface area contributed by atoms with E-state index in [1.54, 1.807) is 6.07 Å². The fourth-order valence-corrected chi connectivity index (χ4v) is 4.33. The van der Waals surface area contributed by atoms with Crippen LogP contribution in [0, 0.1) is 11.2 Å². The number of rotatable bonds is 4. The summed E-state index contributed by atoms with van der Waals surface area (Å²) in [6.45, 7) is 2.83. The van der Waals surface area contributed by atoms with Gasteiger partial charge in [-0.25, -0.2) is 4.39 Å². The summed E-state index contributed by atoms with van der Waals surface area (Å²) in [7, 11) is 0. The molecule has 0 saturated heterocycles. The molecule has 2 aliphatic rings. The molecule has 0 bridgehead atoms. The zero-order valence-electron chi connectivity index (χ0n) is 12.5. The predicted octanol–water partition coefficient (Wildman–Crippen LogP) is 5.02. The van der Waals surface area contributed by atoms with Gasteiger partial charge in [0.15, 0.2) is 0 Å². The van der Waals surface area contributed by atoms with E-state index >= 15 is 0 Å². The molecule has 3 rings (SSSR count). The van der Waals surface area contributed by atoms with Crippen LogP contribution in [0.15, 0.2) is 18.2 Å². The maximum atomic E-state index is 13.5. The molecule has 4 heteroatoms. The normalized spacial score (nSPS) is 27.4. The summed E-state index contributed by atoms with van der Waals surface area (Å²) in [6.07, 6.45) is 7.62. The van der Waals surface area contributed by atoms with E-state index in [-0.39, 0.29) is 11.2 Å². The monoisotopic (exact) mass is 311 g/mol. The summed E-state index contributed by atoms with van der Waals surface area (Å²) in [4.78, 5) is 0. The van der Waals surface area contributed by atoms with Crippen LogP contribution in [-0.4, -0.2) is 18.8 Å². The summed E-state index contributed by atoms with van der Waals surface area (Å²) in [5.41, 5.74) is 1.01. The van der Waals surface area contributed by atoms with Crippen molar-refractivity contribution in [2.75, 3.05) is 11.9 Å². The van der Waals surface area contributed by atoms with E-state index in [4.69, 9.17) is 16.3 Å². The summed E-state index contributed by atoms with van der Waals surface area (Å²) in [5.74, 6) is -0.289. The van der Waals surface area contributed by atoms with Crippen LogP contribution < -0.4 is 5.32 Å². The Labute approximate surface area is 131 Å². The number of hydrogen-bond acceptors (Lipinski definition) is 2. The molecule has 2 aliphatic carbocycles. The second-order valence-electron chi connectivity index (χ2n) is 6.33. The van der Waals surface area contributed by atoms with Crippen LogP contribution in [-0.2, 0) is 4.74 Å². The fraction of sp³-hybridized carbons (Fsp3) is 0.647. The third-order valence-electron chi connectivity index (χ3n) is 5.14. The van der Waals surface area contributed by atoms with Gasteiger partial charge in [0.1, 0.15) is 5.82 Å². The van der Waals surface area contributed by atoms with Crippen molar-refractivity contribution in [3.05, 3.63) is 29.0 Å². The smallest absolute Gasteiger partial charge is 0.126 e. The predicted molar refractivity (Wildman–Crippen MR) is 84.4 cm³/mol. The lowest BCUT2D eigenvalue weighted by Gasteiger charge is -2.58. The van der Waals surface area contributed by atoms with Gasteiger partial charge in [0.2, 0.25) is 0 Å². The standard InChI is InChI=1S/C17H23ClFNO/c1-2-21-16-11-15(17(16)6-4-3-5-7-17)20-14-9-12(18)8-13(19)10-14/h8-10,15-16,20H,2-7,11H2,1H3. The Balaban J connectivity index is 1.75. The second kappa shape index (κ2) is 6.13. The van der Waals surface area contributed by atoms with Crippen LogP contribution in [0.1, 0.15) is 45.4 Å². The van der Waals surface area contributed by atoms with Crippen LogP contribution in [0.5, 0.6) is 0 Å². The van der Waals surface area contributed by atoms with E-state index < -0.39 is 0 Å². The number of nitrogens with one attached hydrogen (secondary N) is 1. The Morgan fingerprint density at radius 2 is 2.05 bits per heavy atom. The van der Waals surface area contributed by atoms with Crippen molar-refractivity contribution >= 4 is 17.3 Å². The van der Waals surface area contributed by atoms with Crippen LogP contribution in [0.4, 0.5) is 10.1 Å². The van der Waals surface area contributed by atoms with Gasteiger partial charge in [0.25, 0.3) is 0 Å².